The van der Waals surface area contributed by atoms with E-state index in [0.29, 0.717) is 31.6 Å². The van der Waals surface area contributed by atoms with Crippen molar-refractivity contribution >= 4 is 39.5 Å². The summed E-state index contributed by atoms with van der Waals surface area (Å²) < 4.78 is 68.2. The number of rotatable bonds is 70. The predicted molar refractivity (Wildman–Crippen MR) is 372 cm³/mol. The fraction of sp³-hybridized carbons (Fsp3) is 0.890. The standard InChI is InChI=1S/C73H138O17P2/c1-7-9-11-13-15-17-18-19-22-26-29-32-38-44-50-56-71(76)84-62-68(89-72(77)57-51-45-39-33-30-27-24-21-20-23-25-28-31-35-41-47-53-65(3)4)63-87-91(79,80)85-59-67(74)60-86-92(81,82)88-64-69(61-83-70(75)55-49-43-37-16-14-12-10-8-2)90-73(78)58-52-46-40-34-36-42-48-54-66(5)6/h17-19,22,65-69,74H,7-16,20-21,23-64H2,1-6H3,(H,79,80)(H,81,82)/b18-17-,22-19-/t67-,68-,69-/m1/s1. The lowest BCUT2D eigenvalue weighted by Gasteiger charge is -2.21. The van der Waals surface area contributed by atoms with Crippen molar-refractivity contribution in [3.05, 3.63) is 24.3 Å². The summed E-state index contributed by atoms with van der Waals surface area (Å²) in [6.07, 6.45) is 53.8. The van der Waals surface area contributed by atoms with E-state index in [1.54, 1.807) is 0 Å². The van der Waals surface area contributed by atoms with E-state index in [0.717, 1.165) is 121 Å². The topological polar surface area (TPSA) is 237 Å². The Kier molecular flexibility index (Phi) is 62.8. The van der Waals surface area contributed by atoms with Gasteiger partial charge in [-0.15, -0.1) is 0 Å². The van der Waals surface area contributed by atoms with E-state index in [2.05, 4.69) is 65.8 Å². The van der Waals surface area contributed by atoms with Gasteiger partial charge in [0.15, 0.2) is 12.2 Å². The molecule has 0 aliphatic carbocycles. The van der Waals surface area contributed by atoms with Crippen LogP contribution in [0.1, 0.15) is 350 Å². The number of carbonyl (C=O) groups excluding carboxylic acids is 4. The number of phosphoric ester groups is 2. The Balaban J connectivity index is 5.23. The van der Waals surface area contributed by atoms with E-state index >= 15 is 0 Å². The molecule has 542 valence electrons. The van der Waals surface area contributed by atoms with Crippen LogP contribution in [0.25, 0.3) is 0 Å². The number of hydrogen-bond donors (Lipinski definition) is 3. The number of unbranched alkanes of at least 4 members (excludes halogenated alkanes) is 37. The Labute approximate surface area is 561 Å². The fourth-order valence-electron chi connectivity index (χ4n) is 10.6. The molecule has 0 fully saturated rings. The largest absolute Gasteiger partial charge is 0.472 e. The Hall–Kier alpha value is -2.46. The van der Waals surface area contributed by atoms with E-state index < -0.39 is 97.5 Å². The van der Waals surface area contributed by atoms with Crippen LogP contribution in [-0.4, -0.2) is 96.7 Å². The minimum atomic E-state index is -4.96. The van der Waals surface area contributed by atoms with Gasteiger partial charge in [0.25, 0.3) is 0 Å². The summed E-state index contributed by atoms with van der Waals surface area (Å²) in [5.74, 6) is -0.654. The van der Waals surface area contributed by atoms with Gasteiger partial charge in [-0.3, -0.25) is 37.3 Å². The second-order valence-electron chi connectivity index (χ2n) is 26.6. The number of ether oxygens (including phenoxy) is 4. The zero-order chi connectivity index (χ0) is 67.9. The summed E-state index contributed by atoms with van der Waals surface area (Å²) in [7, 11) is -9.91. The third-order valence-corrected chi connectivity index (χ3v) is 18.2. The van der Waals surface area contributed by atoms with Crippen LogP contribution in [0, 0.1) is 11.8 Å². The quantitative estimate of drug-likeness (QED) is 0.0169. The number of phosphoric acid groups is 2. The summed E-state index contributed by atoms with van der Waals surface area (Å²) in [5.41, 5.74) is 0. The second kappa shape index (κ2) is 64.5. The maximum atomic E-state index is 13.0. The smallest absolute Gasteiger partial charge is 0.462 e. The summed E-state index contributed by atoms with van der Waals surface area (Å²) in [6.45, 7) is 9.44. The van der Waals surface area contributed by atoms with Crippen molar-refractivity contribution in [2.24, 2.45) is 11.8 Å². The van der Waals surface area contributed by atoms with Crippen LogP contribution in [-0.2, 0) is 65.4 Å². The summed E-state index contributed by atoms with van der Waals surface area (Å²) in [6, 6.07) is 0. The Morgan fingerprint density at radius 2 is 0.587 bits per heavy atom. The zero-order valence-electron chi connectivity index (χ0n) is 59.3. The van der Waals surface area contributed by atoms with Gasteiger partial charge >= 0.3 is 39.5 Å². The molecule has 0 spiro atoms. The van der Waals surface area contributed by atoms with Crippen molar-refractivity contribution in [3.63, 3.8) is 0 Å². The van der Waals surface area contributed by atoms with Crippen molar-refractivity contribution in [3.8, 4) is 0 Å². The molecule has 0 bridgehead atoms. The van der Waals surface area contributed by atoms with Gasteiger partial charge < -0.3 is 33.8 Å². The van der Waals surface area contributed by atoms with E-state index in [9.17, 15) is 43.2 Å². The molecular formula is C73H138O17P2. The summed E-state index contributed by atoms with van der Waals surface area (Å²) in [5, 5.41) is 10.6. The van der Waals surface area contributed by atoms with Crippen molar-refractivity contribution in [1.29, 1.82) is 0 Å². The molecule has 0 aliphatic rings. The fourth-order valence-corrected chi connectivity index (χ4v) is 12.2. The van der Waals surface area contributed by atoms with Crippen LogP contribution in [0.4, 0.5) is 0 Å². The van der Waals surface area contributed by atoms with Crippen LogP contribution < -0.4 is 0 Å². The van der Waals surface area contributed by atoms with Crippen LogP contribution >= 0.6 is 15.6 Å². The molecule has 92 heavy (non-hydrogen) atoms. The third kappa shape index (κ3) is 66.2. The number of hydrogen-bond acceptors (Lipinski definition) is 15. The van der Waals surface area contributed by atoms with E-state index in [-0.39, 0.29) is 25.7 Å². The molecule has 0 heterocycles. The molecule has 0 rings (SSSR count). The molecule has 3 N–H and O–H groups in total. The first-order valence-corrected chi connectivity index (χ1v) is 40.3. The summed E-state index contributed by atoms with van der Waals surface area (Å²) >= 11 is 0. The molecule has 0 saturated heterocycles. The molecule has 0 aromatic heterocycles. The molecule has 0 saturated carbocycles. The average molecular weight is 1350 g/mol. The number of aliphatic hydroxyl groups is 1. The first kappa shape index (κ1) is 89.5. The molecule has 0 radical (unpaired) electrons. The Bertz CT molecular complexity index is 1880. The molecule has 0 aliphatic heterocycles. The minimum Gasteiger partial charge on any atom is -0.462 e. The zero-order valence-corrected chi connectivity index (χ0v) is 61.1. The van der Waals surface area contributed by atoms with Crippen molar-refractivity contribution in [2.75, 3.05) is 39.6 Å². The number of allylic oxidation sites excluding steroid dienone is 4. The lowest BCUT2D eigenvalue weighted by molar-refractivity contribution is -0.161. The molecule has 0 aromatic carbocycles. The Morgan fingerprint density at radius 1 is 0.337 bits per heavy atom. The number of carbonyl (C=O) groups is 4. The summed E-state index contributed by atoms with van der Waals surface area (Å²) in [4.78, 5) is 72.5. The molecule has 17 nitrogen and oxygen atoms in total. The van der Waals surface area contributed by atoms with Gasteiger partial charge in [0.2, 0.25) is 0 Å². The molecule has 5 atom stereocenters. The average Bonchev–Trinajstić information content (AvgIpc) is 3.60. The highest BCUT2D eigenvalue weighted by molar-refractivity contribution is 7.47. The molecule has 19 heteroatoms. The minimum absolute atomic E-state index is 0.101. The lowest BCUT2D eigenvalue weighted by atomic mass is 10.0. The van der Waals surface area contributed by atoms with E-state index in [1.165, 1.54) is 141 Å². The van der Waals surface area contributed by atoms with Gasteiger partial charge in [-0.05, 0) is 63.2 Å². The van der Waals surface area contributed by atoms with Crippen LogP contribution in [0.2, 0.25) is 0 Å². The van der Waals surface area contributed by atoms with E-state index in [4.69, 9.17) is 37.0 Å². The van der Waals surface area contributed by atoms with Gasteiger partial charge in [-0.25, -0.2) is 9.13 Å². The molecule has 0 aromatic rings. The van der Waals surface area contributed by atoms with Crippen LogP contribution in [0.5, 0.6) is 0 Å². The van der Waals surface area contributed by atoms with Crippen molar-refractivity contribution < 1.29 is 80.2 Å². The monoisotopic (exact) mass is 1350 g/mol. The van der Waals surface area contributed by atoms with Crippen LogP contribution in [0.15, 0.2) is 24.3 Å². The van der Waals surface area contributed by atoms with Gasteiger partial charge in [-0.2, -0.15) is 0 Å². The Morgan fingerprint density at radius 3 is 0.891 bits per heavy atom. The maximum absolute atomic E-state index is 13.0. The number of aliphatic hydroxyl groups excluding tert-OH is 1. The van der Waals surface area contributed by atoms with Gasteiger partial charge in [0, 0.05) is 25.7 Å². The predicted octanol–water partition coefficient (Wildman–Crippen LogP) is 20.7. The van der Waals surface area contributed by atoms with Crippen LogP contribution in [0.3, 0.4) is 0 Å². The SMILES string of the molecule is CCCCCC/C=C\C=C/CCCCCCCC(=O)OC[C@H](COP(=O)(O)OC[C@@H](O)COP(=O)(O)OC[C@@H](COC(=O)CCCCCCCCCC)OC(=O)CCCCCCCCCC(C)C)OC(=O)CCCCCCCCCCCCCCCCCCC(C)C. The highest BCUT2D eigenvalue weighted by atomic mass is 31.2. The third-order valence-electron chi connectivity index (χ3n) is 16.3. The second-order valence-corrected chi connectivity index (χ2v) is 29.5. The molecule has 2 unspecified atom stereocenters. The first-order chi connectivity index (χ1) is 44.4. The maximum Gasteiger partial charge on any atom is 0.472 e. The van der Waals surface area contributed by atoms with Crippen molar-refractivity contribution in [1.82, 2.24) is 0 Å². The molecular weight excluding hydrogens is 1210 g/mol. The van der Waals surface area contributed by atoms with Gasteiger partial charge in [0.05, 0.1) is 26.4 Å². The van der Waals surface area contributed by atoms with E-state index in [1.807, 2.05) is 0 Å². The molecule has 0 amide bonds. The van der Waals surface area contributed by atoms with Gasteiger partial charge in [-0.1, -0.05) is 297 Å². The van der Waals surface area contributed by atoms with Crippen molar-refractivity contribution in [2.45, 2.75) is 368 Å². The first-order valence-electron chi connectivity index (χ1n) is 37.3. The lowest BCUT2D eigenvalue weighted by Crippen LogP contribution is -2.30. The number of esters is 4. The van der Waals surface area contributed by atoms with Gasteiger partial charge in [0.1, 0.15) is 19.3 Å². The highest BCUT2D eigenvalue weighted by Crippen LogP contribution is 2.45. The highest BCUT2D eigenvalue weighted by Gasteiger charge is 2.30. The normalized spacial score (nSPS) is 14.2.